The summed E-state index contributed by atoms with van der Waals surface area (Å²) in [6, 6.07) is 11.5. The number of nitrogen functional groups attached to an aromatic ring is 1. The maximum atomic E-state index is 13.9. The van der Waals surface area contributed by atoms with Gasteiger partial charge in [0.05, 0.1) is 11.2 Å². The largest absolute Gasteiger partial charge is 0.454 e. The predicted molar refractivity (Wildman–Crippen MR) is 112 cm³/mol. The van der Waals surface area contributed by atoms with Crippen LogP contribution in [0.4, 0.5) is 14.6 Å². The maximum Gasteiger partial charge on any atom is 0.334 e. The molecule has 1 aliphatic rings. The van der Waals surface area contributed by atoms with Crippen molar-refractivity contribution in [1.29, 1.82) is 0 Å². The fraction of sp³-hybridized carbons (Fsp3) is 0.182. The van der Waals surface area contributed by atoms with Gasteiger partial charge in [0, 0.05) is 24.3 Å². The Kier molecular flexibility index (Phi) is 4.48. The number of nitrogens with zero attached hydrogens (tertiary/aromatic N) is 3. The number of ether oxygens (including phenoxy) is 1. The second-order valence-corrected chi connectivity index (χ2v) is 7.61. The molecule has 1 fully saturated rings. The molecular formula is C22H19F2N5O2. The third-order valence-electron chi connectivity index (χ3n) is 5.54. The minimum Gasteiger partial charge on any atom is -0.454 e. The van der Waals surface area contributed by atoms with Gasteiger partial charge in [0.25, 0.3) is 0 Å². The molecule has 1 saturated carbocycles. The lowest BCUT2D eigenvalue weighted by molar-refractivity contribution is 0.266. The highest BCUT2D eigenvalue weighted by atomic mass is 19.1. The molecule has 1 aliphatic carbocycles. The van der Waals surface area contributed by atoms with Crippen molar-refractivity contribution in [2.24, 2.45) is 5.73 Å². The molecule has 0 amide bonds. The van der Waals surface area contributed by atoms with E-state index in [1.54, 1.807) is 41.1 Å². The molecule has 0 saturated heterocycles. The summed E-state index contributed by atoms with van der Waals surface area (Å²) < 4.78 is 35.7. The van der Waals surface area contributed by atoms with Crippen LogP contribution in [0.1, 0.15) is 18.9 Å². The van der Waals surface area contributed by atoms with Crippen LogP contribution >= 0.6 is 0 Å². The van der Waals surface area contributed by atoms with Crippen molar-refractivity contribution in [3.8, 4) is 17.2 Å². The van der Waals surface area contributed by atoms with E-state index in [4.69, 9.17) is 16.2 Å². The van der Waals surface area contributed by atoms with Gasteiger partial charge in [-0.05, 0) is 55.3 Å². The Bertz CT molecular complexity index is 1340. The lowest BCUT2D eigenvalue weighted by Crippen LogP contribution is -2.41. The number of benzene rings is 2. The van der Waals surface area contributed by atoms with Crippen molar-refractivity contribution in [2.75, 3.05) is 5.73 Å². The molecule has 0 atom stereocenters. The summed E-state index contributed by atoms with van der Waals surface area (Å²) in [5, 5.41) is 0. The Labute approximate surface area is 175 Å². The molecule has 2 aromatic carbocycles. The van der Waals surface area contributed by atoms with Crippen LogP contribution in [0, 0.1) is 11.6 Å². The summed E-state index contributed by atoms with van der Waals surface area (Å²) in [5.74, 6) is -1.01. The first-order valence-corrected chi connectivity index (χ1v) is 9.78. The van der Waals surface area contributed by atoms with Crippen LogP contribution in [0.2, 0.25) is 0 Å². The number of hydrogen-bond donors (Lipinski definition) is 2. The molecule has 158 valence electrons. The second-order valence-electron chi connectivity index (χ2n) is 7.61. The van der Waals surface area contributed by atoms with Crippen LogP contribution in [-0.2, 0) is 0 Å². The van der Waals surface area contributed by atoms with Gasteiger partial charge in [0.1, 0.15) is 22.9 Å². The molecule has 0 radical (unpaired) electrons. The van der Waals surface area contributed by atoms with Crippen molar-refractivity contribution >= 4 is 16.9 Å². The van der Waals surface area contributed by atoms with Crippen LogP contribution in [0.15, 0.2) is 59.5 Å². The number of anilines is 1. The molecule has 0 spiro atoms. The van der Waals surface area contributed by atoms with Crippen molar-refractivity contribution < 1.29 is 13.5 Å². The number of nitrogens with two attached hydrogens (primary N) is 2. The number of halogens is 2. The first-order valence-electron chi connectivity index (χ1n) is 9.78. The molecule has 2 heterocycles. The predicted octanol–water partition coefficient (Wildman–Crippen LogP) is 3.50. The normalized spacial score (nSPS) is 18.2. The molecule has 9 heteroatoms. The smallest absolute Gasteiger partial charge is 0.334 e. The number of hydrogen-bond acceptors (Lipinski definition) is 5. The number of rotatable bonds is 4. The van der Waals surface area contributed by atoms with Crippen LogP contribution in [0.25, 0.3) is 16.7 Å². The molecule has 31 heavy (non-hydrogen) atoms. The third-order valence-corrected chi connectivity index (χ3v) is 5.54. The van der Waals surface area contributed by atoms with E-state index in [9.17, 15) is 13.6 Å². The van der Waals surface area contributed by atoms with E-state index >= 15 is 0 Å². The van der Waals surface area contributed by atoms with Crippen molar-refractivity contribution in [2.45, 2.75) is 24.9 Å². The fourth-order valence-electron chi connectivity index (χ4n) is 3.97. The van der Waals surface area contributed by atoms with Gasteiger partial charge >= 0.3 is 5.69 Å². The van der Waals surface area contributed by atoms with E-state index in [2.05, 4.69) is 4.98 Å². The summed E-state index contributed by atoms with van der Waals surface area (Å²) >= 11 is 0. The molecule has 4 N–H and O–H groups in total. The number of aromatic nitrogens is 3. The minimum absolute atomic E-state index is 0.0112. The van der Waals surface area contributed by atoms with Crippen molar-refractivity contribution in [3.05, 3.63) is 76.8 Å². The van der Waals surface area contributed by atoms with Gasteiger partial charge in [-0.3, -0.25) is 9.13 Å². The van der Waals surface area contributed by atoms with Gasteiger partial charge in [-0.15, -0.1) is 0 Å². The van der Waals surface area contributed by atoms with Gasteiger partial charge in [-0.1, -0.05) is 0 Å². The molecule has 7 nitrogen and oxygen atoms in total. The van der Waals surface area contributed by atoms with E-state index in [1.165, 1.54) is 10.6 Å². The Morgan fingerprint density at radius 2 is 1.81 bits per heavy atom. The Hall–Kier alpha value is -3.72. The lowest BCUT2D eigenvalue weighted by atomic mass is 9.87. The summed E-state index contributed by atoms with van der Waals surface area (Å²) in [4.78, 5) is 17.5. The zero-order valence-corrected chi connectivity index (χ0v) is 16.3. The Morgan fingerprint density at radius 1 is 1.06 bits per heavy atom. The molecule has 0 bridgehead atoms. The summed E-state index contributed by atoms with van der Waals surface area (Å²) in [5.41, 5.74) is 13.6. The van der Waals surface area contributed by atoms with Gasteiger partial charge < -0.3 is 16.2 Å². The average molecular weight is 423 g/mol. The Morgan fingerprint density at radius 3 is 2.48 bits per heavy atom. The van der Waals surface area contributed by atoms with E-state index in [0.29, 0.717) is 22.5 Å². The molecule has 2 aromatic heterocycles. The zero-order valence-electron chi connectivity index (χ0n) is 16.3. The summed E-state index contributed by atoms with van der Waals surface area (Å²) in [6.45, 7) is 0. The summed E-state index contributed by atoms with van der Waals surface area (Å²) in [6.07, 6.45) is 3.01. The number of imidazole rings is 1. The highest BCUT2D eigenvalue weighted by Gasteiger charge is 2.32. The van der Waals surface area contributed by atoms with E-state index < -0.39 is 11.6 Å². The maximum absolute atomic E-state index is 13.9. The van der Waals surface area contributed by atoms with Crippen molar-refractivity contribution in [1.82, 2.24) is 14.1 Å². The Balaban J connectivity index is 1.55. The van der Waals surface area contributed by atoms with Gasteiger partial charge in [0.15, 0.2) is 11.6 Å². The first-order chi connectivity index (χ1) is 14.9. The zero-order chi connectivity index (χ0) is 21.7. The summed E-state index contributed by atoms with van der Waals surface area (Å²) in [7, 11) is 0. The molecule has 0 unspecified atom stereocenters. The van der Waals surface area contributed by atoms with Crippen molar-refractivity contribution in [3.63, 3.8) is 0 Å². The van der Waals surface area contributed by atoms with Crippen LogP contribution in [0.3, 0.4) is 0 Å². The minimum atomic E-state index is -0.805. The number of fused-ring (bicyclic) bond motifs is 1. The van der Waals surface area contributed by atoms with Gasteiger partial charge in [-0.25, -0.2) is 18.6 Å². The van der Waals surface area contributed by atoms with Crippen LogP contribution < -0.4 is 21.9 Å². The van der Waals surface area contributed by atoms with Crippen LogP contribution in [0.5, 0.6) is 11.5 Å². The van der Waals surface area contributed by atoms with E-state index in [0.717, 1.165) is 25.0 Å². The molecular weight excluding hydrogens is 404 g/mol. The topological polar surface area (TPSA) is 101 Å². The van der Waals surface area contributed by atoms with E-state index in [1.807, 2.05) is 0 Å². The van der Waals surface area contributed by atoms with Gasteiger partial charge in [-0.2, -0.15) is 0 Å². The molecule has 4 aromatic rings. The van der Waals surface area contributed by atoms with Gasteiger partial charge in [0.2, 0.25) is 0 Å². The first kappa shape index (κ1) is 19.3. The highest BCUT2D eigenvalue weighted by Crippen LogP contribution is 2.34. The second kappa shape index (κ2) is 7.21. The number of pyridine rings is 1. The monoisotopic (exact) mass is 423 g/mol. The van der Waals surface area contributed by atoms with Crippen LogP contribution in [-0.4, -0.2) is 20.2 Å². The standard InChI is InChI=1S/C22H19F2N5O2/c23-12-1-6-19(17(24)9-12)31-16-4-2-14(3-5-16)29-20-18(7-8-27-21(20)26)28(22(29)30)15-10-13(25)11-15/h1-9,13,15H,10-11,25H2,(H2,26,27). The third kappa shape index (κ3) is 3.23. The SMILES string of the molecule is Nc1nccc2c1n(-c1ccc(Oc3ccc(F)cc3F)cc1)c(=O)n2C1CC(N)C1. The lowest BCUT2D eigenvalue weighted by Gasteiger charge is -2.33. The molecule has 5 rings (SSSR count). The molecule has 0 aliphatic heterocycles. The average Bonchev–Trinajstić information content (AvgIpc) is 3.01. The highest BCUT2D eigenvalue weighted by molar-refractivity contribution is 5.87. The van der Waals surface area contributed by atoms with E-state index in [-0.39, 0.29) is 29.3 Å². The fourth-order valence-corrected chi connectivity index (χ4v) is 3.97. The quantitative estimate of drug-likeness (QED) is 0.523.